The third-order valence-corrected chi connectivity index (χ3v) is 3.57. The Balaban J connectivity index is 6.58. The topological polar surface area (TPSA) is 63.6 Å². The van der Waals surface area contributed by atoms with Crippen LogP contribution in [0.25, 0.3) is 0 Å². The van der Waals surface area contributed by atoms with Crippen LogP contribution in [-0.2, 0) is 14.3 Å². The van der Waals surface area contributed by atoms with Crippen molar-refractivity contribution in [1.29, 1.82) is 0 Å². The highest BCUT2D eigenvalue weighted by Gasteiger charge is 2.95. The van der Waals surface area contributed by atoms with Crippen molar-refractivity contribution >= 4 is 11.9 Å². The van der Waals surface area contributed by atoms with Gasteiger partial charge in [0.1, 0.15) is 0 Å². The molecule has 0 amide bonds. The summed E-state index contributed by atoms with van der Waals surface area (Å²) in [5.74, 6) is -56.7. The van der Waals surface area contributed by atoms with Gasteiger partial charge in [-0.1, -0.05) is 6.58 Å². The zero-order chi connectivity index (χ0) is 28.1. The fraction of sp³-hybridized carbons (Fsp3) is 0.692. The summed E-state index contributed by atoms with van der Waals surface area (Å²) in [5, 5.41) is 8.20. The van der Waals surface area contributed by atoms with E-state index in [1.165, 1.54) is 0 Å². The van der Waals surface area contributed by atoms with Crippen LogP contribution < -0.4 is 0 Å². The van der Waals surface area contributed by atoms with E-state index in [0.29, 0.717) is 0 Å². The van der Waals surface area contributed by atoms with E-state index in [2.05, 4.69) is 11.3 Å². The summed E-state index contributed by atoms with van der Waals surface area (Å²) in [6.45, 7) is 2.32. The number of aliphatic carboxylic acids is 1. The molecule has 21 heteroatoms. The van der Waals surface area contributed by atoms with E-state index in [1.807, 2.05) is 0 Å². The first kappa shape index (κ1) is 31.5. The molecule has 0 saturated heterocycles. The SMILES string of the molecule is C=C(CC(=O)O)C(=O)OC(F)(F)C(F)(F)C(F)(F)C(F)(F)C(F)(F)C(F)(F)C(F)(F)C(F)(F)F. The maximum atomic E-state index is 13.4. The molecule has 0 spiro atoms. The molecule has 1 N–H and O–H groups in total. The van der Waals surface area contributed by atoms with E-state index in [1.54, 1.807) is 0 Å². The second kappa shape index (κ2) is 8.31. The third-order valence-electron chi connectivity index (χ3n) is 3.57. The average Bonchev–Trinajstić information content (AvgIpc) is 2.58. The Morgan fingerprint density at radius 1 is 0.588 bits per heavy atom. The van der Waals surface area contributed by atoms with Crippen LogP contribution in [0.5, 0.6) is 0 Å². The molecule has 0 aliphatic heterocycles. The third kappa shape index (κ3) is 4.43. The average molecular weight is 548 g/mol. The summed E-state index contributed by atoms with van der Waals surface area (Å²) >= 11 is 0. The number of ether oxygens (including phenoxy) is 1. The molecule has 0 unspecified atom stereocenters. The first-order valence-electron chi connectivity index (χ1n) is 7.31. The van der Waals surface area contributed by atoms with E-state index >= 15 is 0 Å². The summed E-state index contributed by atoms with van der Waals surface area (Å²) in [6, 6.07) is 0. The van der Waals surface area contributed by atoms with E-state index in [9.17, 15) is 84.2 Å². The molecule has 34 heavy (non-hydrogen) atoms. The second-order valence-corrected chi connectivity index (χ2v) is 6.02. The fourth-order valence-corrected chi connectivity index (χ4v) is 1.66. The van der Waals surface area contributed by atoms with Gasteiger partial charge in [0, 0.05) is 5.57 Å². The van der Waals surface area contributed by atoms with Crippen molar-refractivity contribution in [3.05, 3.63) is 12.2 Å². The van der Waals surface area contributed by atoms with E-state index in [0.717, 1.165) is 0 Å². The van der Waals surface area contributed by atoms with Gasteiger partial charge in [-0.2, -0.15) is 74.6 Å². The van der Waals surface area contributed by atoms with Crippen LogP contribution in [-0.4, -0.2) is 64.9 Å². The molecule has 0 aromatic heterocycles. The molecule has 0 aromatic rings. The van der Waals surface area contributed by atoms with Gasteiger partial charge in [-0.25, -0.2) is 4.79 Å². The van der Waals surface area contributed by atoms with E-state index < -0.39 is 71.8 Å². The molecule has 0 saturated carbocycles. The lowest BCUT2D eigenvalue weighted by Gasteiger charge is -2.42. The molecular formula is C13H5F17O4. The molecule has 0 atom stereocenters. The molecule has 4 nitrogen and oxygen atoms in total. The van der Waals surface area contributed by atoms with Crippen LogP contribution in [0.4, 0.5) is 74.6 Å². The molecule has 0 fully saturated rings. The maximum Gasteiger partial charge on any atom is 0.473 e. The zero-order valence-corrected chi connectivity index (χ0v) is 15.0. The number of carbonyl (C=O) groups excluding carboxylic acids is 1. The van der Waals surface area contributed by atoms with Gasteiger partial charge in [0.25, 0.3) is 0 Å². The van der Waals surface area contributed by atoms with Crippen LogP contribution in [0.1, 0.15) is 6.42 Å². The lowest BCUT2D eigenvalue weighted by molar-refractivity contribution is -0.473. The standard InChI is InChI=1S/C13H5F17O4/c1-3(2-4(31)32)5(33)34-13(29,30)11(24,25)9(20,21)7(16,17)6(14,15)8(18,19)10(22,23)12(26,27)28/h1-2H2,(H,31,32). The lowest BCUT2D eigenvalue weighted by atomic mass is 9.90. The summed E-state index contributed by atoms with van der Waals surface area (Å²) in [6.07, 6.45) is -17.0. The van der Waals surface area contributed by atoms with Crippen LogP contribution >= 0.6 is 0 Å². The van der Waals surface area contributed by atoms with Gasteiger partial charge in [-0.3, -0.25) is 4.79 Å². The monoisotopic (exact) mass is 548 g/mol. The second-order valence-electron chi connectivity index (χ2n) is 6.02. The number of alkyl halides is 17. The van der Waals surface area contributed by atoms with Crippen LogP contribution in [0.3, 0.4) is 0 Å². The van der Waals surface area contributed by atoms with Gasteiger partial charge in [-0.15, -0.1) is 0 Å². The Hall–Kier alpha value is -2.51. The Bertz CT molecular complexity index is 826. The number of esters is 1. The normalized spacial score (nSPS) is 15.2. The van der Waals surface area contributed by atoms with Crippen molar-refractivity contribution < 1.29 is 94.1 Å². The molecule has 0 rings (SSSR count). The minimum absolute atomic E-state index is 1.75. The largest absolute Gasteiger partial charge is 0.481 e. The highest BCUT2D eigenvalue weighted by Crippen LogP contribution is 2.64. The molecular weight excluding hydrogens is 543 g/mol. The summed E-state index contributed by atoms with van der Waals surface area (Å²) in [7, 11) is 0. The Morgan fingerprint density at radius 2 is 0.882 bits per heavy atom. The predicted molar refractivity (Wildman–Crippen MR) is 68.2 cm³/mol. The zero-order valence-electron chi connectivity index (χ0n) is 15.0. The van der Waals surface area contributed by atoms with Gasteiger partial charge in [0.15, 0.2) is 0 Å². The van der Waals surface area contributed by atoms with Crippen molar-refractivity contribution in [3.8, 4) is 0 Å². The number of carboxylic acid groups (broad SMARTS) is 1. The number of carbonyl (C=O) groups is 2. The summed E-state index contributed by atoms with van der Waals surface area (Å²) in [5.41, 5.74) is -1.78. The fourth-order valence-electron chi connectivity index (χ4n) is 1.66. The van der Waals surface area contributed by atoms with Gasteiger partial charge < -0.3 is 9.84 Å². The maximum absolute atomic E-state index is 13.4. The Morgan fingerprint density at radius 3 is 1.18 bits per heavy atom. The quantitative estimate of drug-likeness (QED) is 0.222. The Kier molecular flexibility index (Phi) is 7.70. The molecule has 0 aliphatic rings. The van der Waals surface area contributed by atoms with Crippen molar-refractivity contribution in [3.63, 3.8) is 0 Å². The van der Waals surface area contributed by atoms with Crippen LogP contribution in [0, 0.1) is 0 Å². The van der Waals surface area contributed by atoms with Gasteiger partial charge >= 0.3 is 59.8 Å². The highest BCUT2D eigenvalue weighted by molar-refractivity contribution is 5.93. The molecule has 0 radical (unpaired) electrons. The number of halogens is 17. The minimum atomic E-state index is -8.82. The van der Waals surface area contributed by atoms with Crippen molar-refractivity contribution in [2.75, 3.05) is 0 Å². The molecule has 200 valence electrons. The summed E-state index contributed by atoms with van der Waals surface area (Å²) in [4.78, 5) is 21.2. The van der Waals surface area contributed by atoms with Crippen LogP contribution in [0.2, 0.25) is 0 Å². The lowest BCUT2D eigenvalue weighted by Crippen LogP contribution is -2.74. The minimum Gasteiger partial charge on any atom is -0.481 e. The number of hydrogen-bond donors (Lipinski definition) is 1. The number of rotatable bonds is 10. The number of carboxylic acids is 1. The van der Waals surface area contributed by atoms with Crippen molar-refractivity contribution in [2.45, 2.75) is 54.2 Å². The van der Waals surface area contributed by atoms with Gasteiger partial charge in [0.05, 0.1) is 6.42 Å². The molecule has 0 bridgehead atoms. The Labute approximate surface area is 173 Å². The van der Waals surface area contributed by atoms with Crippen molar-refractivity contribution in [1.82, 2.24) is 0 Å². The molecule has 0 heterocycles. The van der Waals surface area contributed by atoms with E-state index in [4.69, 9.17) is 5.11 Å². The number of hydrogen-bond acceptors (Lipinski definition) is 3. The van der Waals surface area contributed by atoms with Gasteiger partial charge in [-0.05, 0) is 0 Å². The first-order chi connectivity index (χ1) is 14.5. The van der Waals surface area contributed by atoms with Crippen molar-refractivity contribution in [2.24, 2.45) is 0 Å². The highest BCUT2D eigenvalue weighted by atomic mass is 19.4. The smallest absolute Gasteiger partial charge is 0.473 e. The van der Waals surface area contributed by atoms with Crippen LogP contribution in [0.15, 0.2) is 12.2 Å². The summed E-state index contributed by atoms with van der Waals surface area (Å²) < 4.78 is 223. The first-order valence-corrected chi connectivity index (χ1v) is 7.31. The predicted octanol–water partition coefficient (Wildman–Crippen LogP) is 5.53. The molecule has 0 aliphatic carbocycles. The van der Waals surface area contributed by atoms with E-state index in [-0.39, 0.29) is 0 Å². The van der Waals surface area contributed by atoms with Gasteiger partial charge in [0.2, 0.25) is 0 Å². The molecule has 0 aromatic carbocycles.